The largest absolute Gasteiger partial charge is 0.506 e. The number of phenols is 1. The quantitative estimate of drug-likeness (QED) is 0.266. The molecular formula is C36H43NO7. The lowest BCUT2D eigenvalue weighted by atomic mass is 9.39. The molecule has 5 rings (SSSR count). The van der Waals surface area contributed by atoms with Gasteiger partial charge in [0.15, 0.2) is 17.2 Å². The Bertz CT molecular complexity index is 1620. The molecule has 0 aromatic heterocycles. The van der Waals surface area contributed by atoms with E-state index in [1.165, 1.54) is 0 Å². The summed E-state index contributed by atoms with van der Waals surface area (Å²) in [5.74, 6) is -1.14. The van der Waals surface area contributed by atoms with Crippen LogP contribution in [0.25, 0.3) is 0 Å². The first-order valence-corrected chi connectivity index (χ1v) is 15.3. The number of phenolic OH excluding ortho intramolecular Hbond substituents is 1. The van der Waals surface area contributed by atoms with Crippen LogP contribution in [0.1, 0.15) is 92.1 Å². The number of carbonyl (C=O) groups is 3. The molecule has 8 nitrogen and oxygen atoms in total. The Morgan fingerprint density at radius 3 is 2.20 bits per heavy atom. The van der Waals surface area contributed by atoms with Gasteiger partial charge in [-0.3, -0.25) is 14.4 Å². The third-order valence-corrected chi connectivity index (χ3v) is 10.8. The monoisotopic (exact) mass is 601 g/mol. The lowest BCUT2D eigenvalue weighted by Gasteiger charge is -2.66. The molecule has 2 unspecified atom stereocenters. The van der Waals surface area contributed by atoms with Crippen molar-refractivity contribution in [3.8, 4) is 17.6 Å². The lowest BCUT2D eigenvalue weighted by Crippen LogP contribution is -2.79. The van der Waals surface area contributed by atoms with Gasteiger partial charge in [-0.05, 0) is 72.3 Å². The fraction of sp³-hybridized carbons (Fsp3) is 0.528. The van der Waals surface area contributed by atoms with Crippen LogP contribution >= 0.6 is 0 Å². The van der Waals surface area contributed by atoms with Gasteiger partial charge >= 0.3 is 0 Å². The van der Waals surface area contributed by atoms with Gasteiger partial charge in [-0.15, -0.1) is 0 Å². The van der Waals surface area contributed by atoms with E-state index < -0.39 is 63.9 Å². The van der Waals surface area contributed by atoms with Crippen molar-refractivity contribution in [3.63, 3.8) is 0 Å². The number of hydrogen-bond acceptors (Lipinski definition) is 7. The predicted octanol–water partition coefficient (Wildman–Crippen LogP) is 3.40. The molecule has 234 valence electrons. The van der Waals surface area contributed by atoms with Gasteiger partial charge in [-0.1, -0.05) is 71.1 Å². The molecule has 2 aromatic rings. The molecule has 0 spiro atoms. The van der Waals surface area contributed by atoms with Crippen LogP contribution in [0.3, 0.4) is 0 Å². The van der Waals surface area contributed by atoms with Gasteiger partial charge in [0.05, 0.1) is 23.1 Å². The van der Waals surface area contributed by atoms with Crippen LogP contribution in [0.15, 0.2) is 30.3 Å². The number of nitrogens with two attached hydrogens (primary N) is 1. The maximum atomic E-state index is 14.5. The maximum absolute atomic E-state index is 14.5. The van der Waals surface area contributed by atoms with E-state index in [1.807, 2.05) is 71.9 Å². The molecule has 8 heteroatoms. The molecule has 3 aliphatic rings. The van der Waals surface area contributed by atoms with Crippen molar-refractivity contribution in [2.24, 2.45) is 40.2 Å². The van der Waals surface area contributed by atoms with Gasteiger partial charge in [0.1, 0.15) is 17.8 Å². The van der Waals surface area contributed by atoms with E-state index in [1.54, 1.807) is 6.92 Å². The first kappa shape index (κ1) is 31.9. The van der Waals surface area contributed by atoms with E-state index in [9.17, 15) is 34.8 Å². The Morgan fingerprint density at radius 2 is 1.66 bits per heavy atom. The van der Waals surface area contributed by atoms with E-state index in [0.29, 0.717) is 5.56 Å². The van der Waals surface area contributed by atoms with E-state index in [4.69, 9.17) is 5.73 Å². The molecule has 8 atom stereocenters. The van der Waals surface area contributed by atoms with E-state index in [0.717, 1.165) is 16.7 Å². The van der Waals surface area contributed by atoms with Gasteiger partial charge in [0.2, 0.25) is 5.91 Å². The lowest BCUT2D eigenvalue weighted by molar-refractivity contribution is -0.265. The number of amides is 1. The highest BCUT2D eigenvalue weighted by Gasteiger charge is 2.76. The van der Waals surface area contributed by atoms with Crippen molar-refractivity contribution in [2.45, 2.75) is 85.0 Å². The van der Waals surface area contributed by atoms with E-state index in [2.05, 4.69) is 11.8 Å². The summed E-state index contributed by atoms with van der Waals surface area (Å²) in [6.45, 7) is 13.1. The van der Waals surface area contributed by atoms with Gasteiger partial charge < -0.3 is 26.2 Å². The summed E-state index contributed by atoms with van der Waals surface area (Å²) < 4.78 is 0. The second-order valence-electron chi connectivity index (χ2n) is 14.5. The van der Waals surface area contributed by atoms with Crippen molar-refractivity contribution < 1.29 is 34.8 Å². The minimum atomic E-state index is -2.54. The summed E-state index contributed by atoms with van der Waals surface area (Å²) >= 11 is 0. The molecule has 2 aromatic carbocycles. The molecule has 0 bridgehead atoms. The third-order valence-electron chi connectivity index (χ3n) is 10.8. The number of aliphatic hydroxyl groups is 3. The summed E-state index contributed by atoms with van der Waals surface area (Å²) in [6, 6.07) is 9.42. The first-order chi connectivity index (χ1) is 20.4. The summed E-state index contributed by atoms with van der Waals surface area (Å²) in [7, 11) is 0. The van der Waals surface area contributed by atoms with Crippen molar-refractivity contribution in [1.82, 2.24) is 0 Å². The molecule has 1 amide bonds. The molecule has 6 N–H and O–H groups in total. The zero-order valence-electron chi connectivity index (χ0n) is 26.4. The first-order valence-electron chi connectivity index (χ1n) is 15.3. The number of fused-ring (bicyclic) bond motifs is 3. The number of rotatable bonds is 3. The smallest absolute Gasteiger partial charge is 0.230 e. The Balaban J connectivity index is 1.71. The van der Waals surface area contributed by atoms with Crippen LogP contribution in [-0.2, 0) is 16.0 Å². The van der Waals surface area contributed by atoms with Crippen LogP contribution in [0.4, 0.5) is 0 Å². The standard InChI is InChI=1S/C36H43NO7/c1-17(2)22-14-21(13-12-20-10-8-19(5)9-11-20)28(38)24-23(22)15-34(6)16-35(7)26(18(3)4)30(40)25(33(37)43)31(41)36(35,44)32(42)27(34)29(24)39/h8-11,14,17-18,25-27,30,32,38,40,42,44H,15-16H2,1-7H3,(H2,37,43)/t25-,26+,27-,30?,32?,34-,35-,36+/m1/s1. The molecule has 44 heavy (non-hydrogen) atoms. The van der Waals surface area contributed by atoms with Gasteiger partial charge in [-0.2, -0.15) is 0 Å². The number of benzene rings is 2. The Kier molecular flexibility index (Phi) is 7.64. The number of ketones is 2. The number of Topliss-reactive ketones (excluding diaryl/α,β-unsaturated/α-hetero) is 2. The number of hydrogen-bond donors (Lipinski definition) is 5. The van der Waals surface area contributed by atoms with Crippen LogP contribution in [0, 0.1) is 53.3 Å². The molecule has 2 saturated carbocycles. The molecular weight excluding hydrogens is 558 g/mol. The zero-order chi connectivity index (χ0) is 32.7. The topological polar surface area (TPSA) is 158 Å². The number of aromatic hydroxyl groups is 1. The predicted molar refractivity (Wildman–Crippen MR) is 165 cm³/mol. The number of primary amides is 1. The van der Waals surface area contributed by atoms with Crippen molar-refractivity contribution in [1.29, 1.82) is 0 Å². The Labute approximate surface area is 258 Å². The maximum Gasteiger partial charge on any atom is 0.230 e. The van der Waals surface area contributed by atoms with Gasteiger partial charge in [0, 0.05) is 11.0 Å². The normalized spacial score (nSPS) is 34.6. The number of aliphatic hydroxyl groups excluding tert-OH is 2. The highest BCUT2D eigenvalue weighted by Crippen LogP contribution is 2.66. The highest BCUT2D eigenvalue weighted by atomic mass is 16.4. The van der Waals surface area contributed by atoms with Crippen LogP contribution < -0.4 is 5.73 Å². The summed E-state index contributed by atoms with van der Waals surface area (Å²) in [4.78, 5) is 40.9. The molecule has 3 aliphatic carbocycles. The Morgan fingerprint density at radius 1 is 1.05 bits per heavy atom. The minimum absolute atomic E-state index is 0.0314. The van der Waals surface area contributed by atoms with Gasteiger partial charge in [0.25, 0.3) is 0 Å². The summed E-state index contributed by atoms with van der Waals surface area (Å²) in [5, 5.41) is 47.2. The zero-order valence-corrected chi connectivity index (χ0v) is 26.4. The number of carbonyl (C=O) groups excluding carboxylic acids is 3. The average molecular weight is 602 g/mol. The van der Waals surface area contributed by atoms with Crippen LogP contribution in [0.2, 0.25) is 0 Å². The molecule has 0 radical (unpaired) electrons. The molecule has 2 fully saturated rings. The van der Waals surface area contributed by atoms with Crippen LogP contribution in [-0.4, -0.2) is 55.7 Å². The summed E-state index contributed by atoms with van der Waals surface area (Å²) in [6.07, 6.45) is -3.00. The SMILES string of the molecule is Cc1ccc(C#Cc2cc(C(C)C)c3c(c2O)C(=O)[C@@H]2C(O)[C@@]4(O)C(=O)[C@H](C(N)=O)C(O)[C@H](C(C)C)[C@@]4(C)C[C@@]2(C)C3)cc1. The second-order valence-corrected chi connectivity index (χ2v) is 14.5. The fourth-order valence-electron chi connectivity index (χ4n) is 9.01. The highest BCUT2D eigenvalue weighted by molar-refractivity contribution is 6.09. The molecule has 0 saturated heterocycles. The minimum Gasteiger partial charge on any atom is -0.506 e. The summed E-state index contributed by atoms with van der Waals surface area (Å²) in [5.41, 5.74) is 4.29. The van der Waals surface area contributed by atoms with Gasteiger partial charge in [-0.25, -0.2) is 0 Å². The number of aryl methyl sites for hydroxylation is 1. The molecule has 0 heterocycles. The van der Waals surface area contributed by atoms with Crippen molar-refractivity contribution >= 4 is 17.5 Å². The molecule has 0 aliphatic heterocycles. The Hall–Kier alpha value is -3.51. The second kappa shape index (κ2) is 10.5. The average Bonchev–Trinajstić information content (AvgIpc) is 2.90. The van der Waals surface area contributed by atoms with Crippen molar-refractivity contribution in [2.75, 3.05) is 0 Å². The third kappa shape index (κ3) is 4.35. The fourth-order valence-corrected chi connectivity index (χ4v) is 9.01. The van der Waals surface area contributed by atoms with Crippen LogP contribution in [0.5, 0.6) is 5.75 Å². The van der Waals surface area contributed by atoms with E-state index in [-0.39, 0.29) is 41.6 Å². The van der Waals surface area contributed by atoms with Crippen molar-refractivity contribution in [3.05, 3.63) is 63.7 Å². The van der Waals surface area contributed by atoms with E-state index >= 15 is 0 Å².